The molecule has 2 rings (SSSR count). The van der Waals surface area contributed by atoms with E-state index in [1.807, 2.05) is 12.2 Å². The maximum Gasteiger partial charge on any atom is 0.471 e. The quantitative estimate of drug-likeness (QED) is 0.362. The molecule has 6 nitrogen and oxygen atoms in total. The minimum atomic E-state index is -5.15. The molecule has 0 bridgehead atoms. The number of alkyl halides is 3. The summed E-state index contributed by atoms with van der Waals surface area (Å²) in [5, 5.41) is 10.7. The molecule has 0 fully saturated rings. The number of carbonyl (C=O) groups is 3. The van der Waals surface area contributed by atoms with E-state index in [0.717, 1.165) is 0 Å². The fourth-order valence-electron chi connectivity index (χ4n) is 3.41. The zero-order chi connectivity index (χ0) is 24.1. The summed E-state index contributed by atoms with van der Waals surface area (Å²) >= 11 is 0. The second kappa shape index (κ2) is 10.4. The summed E-state index contributed by atoms with van der Waals surface area (Å²) in [4.78, 5) is 34.9. The minimum Gasteiger partial charge on any atom is -0.481 e. The van der Waals surface area contributed by atoms with E-state index >= 15 is 0 Å². The molecule has 0 saturated heterocycles. The minimum absolute atomic E-state index is 0.0844. The average molecular weight is 451 g/mol. The van der Waals surface area contributed by atoms with Crippen LogP contribution in [0.1, 0.15) is 65.7 Å². The van der Waals surface area contributed by atoms with Gasteiger partial charge in [-0.25, -0.2) is 4.79 Å². The van der Waals surface area contributed by atoms with Gasteiger partial charge in [-0.05, 0) is 43.4 Å². The Hall–Kier alpha value is -3.28. The summed E-state index contributed by atoms with van der Waals surface area (Å²) in [7, 11) is 0. The zero-order valence-electron chi connectivity index (χ0n) is 18.0. The summed E-state index contributed by atoms with van der Waals surface area (Å²) in [6, 6.07) is 0. The largest absolute Gasteiger partial charge is 0.481 e. The van der Waals surface area contributed by atoms with Crippen LogP contribution in [0, 0.1) is 18.8 Å². The molecule has 0 radical (unpaired) electrons. The number of carboxylic acid groups (broad SMARTS) is 1. The first kappa shape index (κ1) is 25.0. The van der Waals surface area contributed by atoms with E-state index in [2.05, 4.69) is 11.8 Å². The lowest BCUT2D eigenvalue weighted by molar-refractivity contribution is -0.167. The first-order chi connectivity index (χ1) is 15.0. The Labute approximate surface area is 183 Å². The molecule has 1 aliphatic rings. The Balaban J connectivity index is 2.66. The van der Waals surface area contributed by atoms with Crippen LogP contribution < -0.4 is 5.32 Å². The van der Waals surface area contributed by atoms with Gasteiger partial charge in [0.2, 0.25) is 0 Å². The SMILES string of the molecule is CCC#CCc1c(C)c2c(c(NC(=O)C(F)(F)F)c1C/C=C(\C)CCC(=O)O)C(=O)OC2. The van der Waals surface area contributed by atoms with Gasteiger partial charge in [-0.3, -0.25) is 9.59 Å². The molecule has 172 valence electrons. The number of rotatable bonds is 7. The van der Waals surface area contributed by atoms with E-state index in [4.69, 9.17) is 9.84 Å². The number of esters is 1. The Morgan fingerprint density at radius 3 is 2.50 bits per heavy atom. The van der Waals surface area contributed by atoms with Gasteiger partial charge in [0.15, 0.2) is 0 Å². The summed E-state index contributed by atoms with van der Waals surface area (Å²) in [5.74, 6) is 1.91. The van der Waals surface area contributed by atoms with Crippen molar-refractivity contribution in [2.45, 2.75) is 65.7 Å². The molecule has 2 N–H and O–H groups in total. The van der Waals surface area contributed by atoms with Crippen LogP contribution >= 0.6 is 0 Å². The third-order valence-electron chi connectivity index (χ3n) is 5.13. The summed E-state index contributed by atoms with van der Waals surface area (Å²) in [5.41, 5.74) is 2.45. The van der Waals surface area contributed by atoms with Gasteiger partial charge in [0.05, 0.1) is 11.3 Å². The number of cyclic esters (lactones) is 1. The summed E-state index contributed by atoms with van der Waals surface area (Å²) in [6.45, 7) is 5.21. The summed E-state index contributed by atoms with van der Waals surface area (Å²) < 4.78 is 44.1. The fraction of sp³-hybridized carbons (Fsp3) is 0.435. The van der Waals surface area contributed by atoms with Crippen molar-refractivity contribution in [2.75, 3.05) is 5.32 Å². The average Bonchev–Trinajstić information content (AvgIpc) is 3.09. The predicted octanol–water partition coefficient (Wildman–Crippen LogP) is 4.48. The molecule has 1 aromatic carbocycles. The van der Waals surface area contributed by atoms with Crippen LogP contribution in [0.15, 0.2) is 11.6 Å². The Morgan fingerprint density at radius 1 is 1.22 bits per heavy atom. The van der Waals surface area contributed by atoms with Crippen molar-refractivity contribution >= 4 is 23.5 Å². The highest BCUT2D eigenvalue weighted by atomic mass is 19.4. The molecule has 1 aliphatic heterocycles. The molecule has 0 aliphatic carbocycles. The van der Waals surface area contributed by atoms with Crippen molar-refractivity contribution in [3.05, 3.63) is 39.5 Å². The molecule has 1 amide bonds. The van der Waals surface area contributed by atoms with Crippen LogP contribution in [-0.4, -0.2) is 29.1 Å². The topological polar surface area (TPSA) is 92.7 Å². The van der Waals surface area contributed by atoms with Gasteiger partial charge in [0.25, 0.3) is 0 Å². The van der Waals surface area contributed by atoms with E-state index in [1.54, 1.807) is 19.9 Å². The Kier molecular flexibility index (Phi) is 8.08. The van der Waals surface area contributed by atoms with E-state index < -0.39 is 24.0 Å². The van der Waals surface area contributed by atoms with E-state index in [0.29, 0.717) is 34.2 Å². The maximum atomic E-state index is 13.0. The number of ether oxygens (including phenoxy) is 1. The lowest BCUT2D eigenvalue weighted by Gasteiger charge is -2.20. The monoisotopic (exact) mass is 451 g/mol. The number of anilines is 1. The second-order valence-corrected chi connectivity index (χ2v) is 7.37. The highest BCUT2D eigenvalue weighted by Gasteiger charge is 2.41. The van der Waals surface area contributed by atoms with Crippen LogP contribution in [0.3, 0.4) is 0 Å². The number of hydrogen-bond acceptors (Lipinski definition) is 4. The molecule has 0 unspecified atom stereocenters. The number of aliphatic carboxylic acids is 1. The number of hydrogen-bond donors (Lipinski definition) is 2. The molecule has 0 aromatic heterocycles. The van der Waals surface area contributed by atoms with Crippen molar-refractivity contribution in [1.29, 1.82) is 0 Å². The molecule has 0 saturated carbocycles. The van der Waals surface area contributed by atoms with Crippen molar-refractivity contribution in [2.24, 2.45) is 0 Å². The van der Waals surface area contributed by atoms with Gasteiger partial charge in [0.1, 0.15) is 6.61 Å². The smallest absolute Gasteiger partial charge is 0.471 e. The van der Waals surface area contributed by atoms with Crippen LogP contribution in [0.4, 0.5) is 18.9 Å². The molecular weight excluding hydrogens is 427 g/mol. The van der Waals surface area contributed by atoms with E-state index in [9.17, 15) is 27.6 Å². The molecule has 0 spiro atoms. The van der Waals surface area contributed by atoms with Gasteiger partial charge < -0.3 is 15.2 Å². The number of nitrogens with one attached hydrogen (secondary N) is 1. The number of fused-ring (bicyclic) bond motifs is 1. The van der Waals surface area contributed by atoms with E-state index in [-0.39, 0.29) is 43.5 Å². The lowest BCUT2D eigenvalue weighted by Crippen LogP contribution is -2.31. The first-order valence-electron chi connectivity index (χ1n) is 10.0. The maximum absolute atomic E-state index is 13.0. The molecule has 9 heteroatoms. The van der Waals surface area contributed by atoms with Gasteiger partial charge in [-0.1, -0.05) is 24.5 Å². The summed E-state index contributed by atoms with van der Waals surface area (Å²) in [6.07, 6.45) is -2.40. The number of carbonyl (C=O) groups excluding carboxylic acids is 2. The van der Waals surface area contributed by atoms with Crippen LogP contribution in [0.2, 0.25) is 0 Å². The zero-order valence-corrected chi connectivity index (χ0v) is 18.0. The van der Waals surface area contributed by atoms with Crippen molar-refractivity contribution in [3.8, 4) is 11.8 Å². The van der Waals surface area contributed by atoms with Gasteiger partial charge in [0, 0.05) is 24.8 Å². The highest BCUT2D eigenvalue weighted by Crippen LogP contribution is 2.38. The third-order valence-corrected chi connectivity index (χ3v) is 5.13. The van der Waals surface area contributed by atoms with Gasteiger partial charge in [-0.15, -0.1) is 5.92 Å². The standard InChI is InChI=1S/C23H24F3NO5/c1-4-5-6-7-15-14(3)17-12-32-21(30)19(17)20(27-22(31)23(24,25)26)16(15)10-8-13(2)9-11-18(28)29/h8H,4,7,9-12H2,1-3H3,(H,27,31)(H,28,29)/b13-8+. The van der Waals surface area contributed by atoms with Crippen molar-refractivity contribution in [1.82, 2.24) is 0 Å². The Bertz CT molecular complexity index is 1030. The molecule has 1 aromatic rings. The fourth-order valence-corrected chi connectivity index (χ4v) is 3.41. The van der Waals surface area contributed by atoms with Gasteiger partial charge in [-0.2, -0.15) is 13.2 Å². The second-order valence-electron chi connectivity index (χ2n) is 7.37. The molecule has 32 heavy (non-hydrogen) atoms. The lowest BCUT2D eigenvalue weighted by atomic mass is 9.87. The van der Waals surface area contributed by atoms with Crippen molar-refractivity contribution < 1.29 is 37.4 Å². The normalized spacial score (nSPS) is 13.2. The number of carboxylic acids is 1. The first-order valence-corrected chi connectivity index (χ1v) is 10.0. The predicted molar refractivity (Wildman–Crippen MR) is 111 cm³/mol. The van der Waals surface area contributed by atoms with E-state index in [1.165, 1.54) is 0 Å². The van der Waals surface area contributed by atoms with Crippen LogP contribution in [-0.2, 0) is 33.8 Å². The molecule has 0 atom stereocenters. The Morgan fingerprint density at radius 2 is 1.91 bits per heavy atom. The van der Waals surface area contributed by atoms with Crippen molar-refractivity contribution in [3.63, 3.8) is 0 Å². The highest BCUT2D eigenvalue weighted by molar-refractivity contribution is 6.06. The third kappa shape index (κ3) is 5.90. The number of halogens is 3. The van der Waals surface area contributed by atoms with Crippen LogP contribution in [0.25, 0.3) is 0 Å². The molecule has 1 heterocycles. The number of benzene rings is 1. The number of amides is 1. The molecular formula is C23H24F3NO5. The van der Waals surface area contributed by atoms with Crippen LogP contribution in [0.5, 0.6) is 0 Å². The number of allylic oxidation sites excluding steroid dienone is 2. The van der Waals surface area contributed by atoms with Gasteiger partial charge >= 0.3 is 24.0 Å².